The lowest BCUT2D eigenvalue weighted by atomic mass is 10.1. The number of hydrogen-bond donors (Lipinski definition) is 1. The van der Waals surface area contributed by atoms with E-state index in [1.54, 1.807) is 25.1 Å². The van der Waals surface area contributed by atoms with Crippen molar-refractivity contribution >= 4 is 15.7 Å². The number of nitrogen functional groups attached to an aromatic ring is 1. The maximum Gasteiger partial charge on any atom is 0.243 e. The Hall–Kier alpha value is -1.15. The van der Waals surface area contributed by atoms with Crippen LogP contribution in [0.3, 0.4) is 0 Å². The second-order valence-corrected chi connectivity index (χ2v) is 7.47. The number of anilines is 1. The first-order chi connectivity index (χ1) is 9.93. The number of aryl methyl sites for hydroxylation is 1. The van der Waals surface area contributed by atoms with Crippen molar-refractivity contribution in [3.05, 3.63) is 23.8 Å². The number of nitrogens with zero attached hydrogens (tertiary/aromatic N) is 1. The molecule has 0 saturated carbocycles. The van der Waals surface area contributed by atoms with Crippen molar-refractivity contribution in [2.75, 3.05) is 32.0 Å². The first-order valence-corrected chi connectivity index (χ1v) is 8.51. The Morgan fingerprint density at radius 2 is 1.81 bits per heavy atom. The maximum atomic E-state index is 12.7. The van der Waals surface area contributed by atoms with Gasteiger partial charge in [-0.3, -0.25) is 0 Å². The summed E-state index contributed by atoms with van der Waals surface area (Å²) in [6, 6.07) is 4.82. The van der Waals surface area contributed by atoms with E-state index in [0.29, 0.717) is 49.7 Å². The standard InChI is InChI=1S/C14H20N2O4S/c1-11-10-12(2-3-13(11)15)21(17,18)16-6-4-14(5-7-16)19-8-9-20-14/h2-3,10H,4-9,15H2,1H3. The number of ether oxygens (including phenoxy) is 2. The third-order valence-corrected chi connectivity index (χ3v) is 6.07. The van der Waals surface area contributed by atoms with E-state index in [9.17, 15) is 8.42 Å². The highest BCUT2D eigenvalue weighted by atomic mass is 32.2. The molecule has 2 aliphatic rings. The molecule has 1 aromatic rings. The molecule has 3 rings (SSSR count). The fourth-order valence-electron chi connectivity index (χ4n) is 2.81. The van der Waals surface area contributed by atoms with Crippen LogP contribution in [0.1, 0.15) is 18.4 Å². The van der Waals surface area contributed by atoms with E-state index in [1.807, 2.05) is 0 Å². The Kier molecular flexibility index (Phi) is 3.69. The highest BCUT2D eigenvalue weighted by Gasteiger charge is 2.42. The summed E-state index contributed by atoms with van der Waals surface area (Å²) >= 11 is 0. The lowest BCUT2D eigenvalue weighted by Crippen LogP contribution is -2.47. The summed E-state index contributed by atoms with van der Waals surface area (Å²) < 4.78 is 38.1. The van der Waals surface area contributed by atoms with Crippen LogP contribution in [-0.2, 0) is 19.5 Å². The minimum absolute atomic E-state index is 0.290. The molecule has 21 heavy (non-hydrogen) atoms. The van der Waals surface area contributed by atoms with Crippen molar-refractivity contribution in [1.82, 2.24) is 4.31 Å². The predicted molar refractivity (Wildman–Crippen MR) is 78.2 cm³/mol. The normalized spacial score (nSPS) is 22.7. The zero-order valence-corrected chi connectivity index (χ0v) is 12.9. The van der Waals surface area contributed by atoms with Crippen molar-refractivity contribution in [3.63, 3.8) is 0 Å². The molecule has 0 atom stereocenters. The topological polar surface area (TPSA) is 81.9 Å². The van der Waals surface area contributed by atoms with Crippen LogP contribution in [0.5, 0.6) is 0 Å². The van der Waals surface area contributed by atoms with Gasteiger partial charge in [0.05, 0.1) is 18.1 Å². The molecule has 0 aliphatic carbocycles. The molecule has 116 valence electrons. The number of rotatable bonds is 2. The van der Waals surface area contributed by atoms with Gasteiger partial charge in [-0.25, -0.2) is 8.42 Å². The number of nitrogens with two attached hydrogens (primary N) is 1. The number of sulfonamides is 1. The first kappa shape index (κ1) is 14.8. The molecule has 0 radical (unpaired) electrons. The van der Waals surface area contributed by atoms with Gasteiger partial charge >= 0.3 is 0 Å². The third-order valence-electron chi connectivity index (χ3n) is 4.18. The molecule has 1 aromatic carbocycles. The molecular formula is C14H20N2O4S. The van der Waals surface area contributed by atoms with Gasteiger partial charge in [-0.15, -0.1) is 0 Å². The van der Waals surface area contributed by atoms with Crippen LogP contribution in [0.25, 0.3) is 0 Å². The Morgan fingerprint density at radius 3 is 2.38 bits per heavy atom. The molecule has 2 aliphatic heterocycles. The molecule has 2 N–H and O–H groups in total. The Labute approximate surface area is 124 Å². The largest absolute Gasteiger partial charge is 0.399 e. The molecule has 0 amide bonds. The summed E-state index contributed by atoms with van der Waals surface area (Å²) in [6.45, 7) is 3.80. The van der Waals surface area contributed by atoms with Crippen molar-refractivity contribution in [2.45, 2.75) is 30.4 Å². The average Bonchev–Trinajstić information content (AvgIpc) is 2.90. The van der Waals surface area contributed by atoms with E-state index >= 15 is 0 Å². The van der Waals surface area contributed by atoms with Gasteiger partial charge in [0.2, 0.25) is 10.0 Å². The first-order valence-electron chi connectivity index (χ1n) is 7.07. The summed E-state index contributed by atoms with van der Waals surface area (Å²) in [5, 5.41) is 0. The van der Waals surface area contributed by atoms with Crippen molar-refractivity contribution < 1.29 is 17.9 Å². The second-order valence-electron chi connectivity index (χ2n) is 5.53. The van der Waals surface area contributed by atoms with Crippen molar-refractivity contribution in [1.29, 1.82) is 0 Å². The summed E-state index contributed by atoms with van der Waals surface area (Å²) in [5.41, 5.74) is 7.11. The van der Waals surface area contributed by atoms with Crippen LogP contribution < -0.4 is 5.73 Å². The van der Waals surface area contributed by atoms with E-state index in [-0.39, 0.29) is 0 Å². The van der Waals surface area contributed by atoms with Crippen molar-refractivity contribution in [2.24, 2.45) is 0 Å². The third kappa shape index (κ3) is 2.66. The van der Waals surface area contributed by atoms with E-state index in [1.165, 1.54) is 4.31 Å². The van der Waals surface area contributed by atoms with E-state index < -0.39 is 15.8 Å². The van der Waals surface area contributed by atoms with Crippen LogP contribution in [0, 0.1) is 6.92 Å². The zero-order chi connectivity index (χ0) is 15.1. The summed E-state index contributed by atoms with van der Waals surface area (Å²) in [4.78, 5) is 0.290. The van der Waals surface area contributed by atoms with Gasteiger partial charge in [0.1, 0.15) is 0 Å². The maximum absolute atomic E-state index is 12.7. The van der Waals surface area contributed by atoms with Gasteiger partial charge in [0.25, 0.3) is 0 Å². The summed E-state index contributed by atoms with van der Waals surface area (Å²) in [7, 11) is -3.48. The van der Waals surface area contributed by atoms with Crippen LogP contribution in [-0.4, -0.2) is 44.8 Å². The Morgan fingerprint density at radius 1 is 1.19 bits per heavy atom. The van der Waals surface area contributed by atoms with Crippen LogP contribution >= 0.6 is 0 Å². The van der Waals surface area contributed by atoms with E-state index in [2.05, 4.69) is 0 Å². The van der Waals surface area contributed by atoms with Crippen molar-refractivity contribution in [3.8, 4) is 0 Å². The van der Waals surface area contributed by atoms with Gasteiger partial charge < -0.3 is 15.2 Å². The SMILES string of the molecule is Cc1cc(S(=O)(=O)N2CCC3(CC2)OCCO3)ccc1N. The van der Waals surface area contributed by atoms with Crippen LogP contribution in [0.4, 0.5) is 5.69 Å². The molecule has 2 heterocycles. The highest BCUT2D eigenvalue weighted by molar-refractivity contribution is 7.89. The smallest absolute Gasteiger partial charge is 0.243 e. The van der Waals surface area contributed by atoms with Gasteiger partial charge in [-0.1, -0.05) is 0 Å². The average molecular weight is 312 g/mol. The minimum atomic E-state index is -3.48. The van der Waals surface area contributed by atoms with Gasteiger partial charge in [0, 0.05) is 31.6 Å². The Bertz CT molecular complexity index is 628. The molecule has 0 unspecified atom stereocenters. The van der Waals surface area contributed by atoms with E-state index in [4.69, 9.17) is 15.2 Å². The molecule has 2 saturated heterocycles. The number of piperidine rings is 1. The zero-order valence-electron chi connectivity index (χ0n) is 12.0. The monoisotopic (exact) mass is 312 g/mol. The molecule has 1 spiro atoms. The lowest BCUT2D eigenvalue weighted by molar-refractivity contribution is -0.179. The fourth-order valence-corrected chi connectivity index (χ4v) is 4.34. The van der Waals surface area contributed by atoms with Gasteiger partial charge in [-0.2, -0.15) is 4.31 Å². The van der Waals surface area contributed by atoms with E-state index in [0.717, 1.165) is 5.56 Å². The van der Waals surface area contributed by atoms with Crippen LogP contribution in [0.2, 0.25) is 0 Å². The van der Waals surface area contributed by atoms with Gasteiger partial charge in [0.15, 0.2) is 5.79 Å². The molecule has 0 aromatic heterocycles. The second kappa shape index (κ2) is 5.24. The number of benzene rings is 1. The lowest BCUT2D eigenvalue weighted by Gasteiger charge is -2.36. The predicted octanol–water partition coefficient (Wildman–Crippen LogP) is 1.10. The summed E-state index contributed by atoms with van der Waals surface area (Å²) in [5.74, 6) is -0.566. The quantitative estimate of drug-likeness (QED) is 0.827. The summed E-state index contributed by atoms with van der Waals surface area (Å²) in [6.07, 6.45) is 1.14. The molecule has 2 fully saturated rings. The molecule has 0 bridgehead atoms. The Balaban J connectivity index is 1.78. The van der Waals surface area contributed by atoms with Crippen LogP contribution in [0.15, 0.2) is 23.1 Å². The molecular weight excluding hydrogens is 292 g/mol. The van der Waals surface area contributed by atoms with Gasteiger partial charge in [-0.05, 0) is 30.7 Å². The number of hydrogen-bond acceptors (Lipinski definition) is 5. The molecule has 6 nitrogen and oxygen atoms in total. The fraction of sp³-hybridized carbons (Fsp3) is 0.571. The molecule has 7 heteroatoms. The minimum Gasteiger partial charge on any atom is -0.399 e. The highest BCUT2D eigenvalue weighted by Crippen LogP contribution is 2.33.